The van der Waals surface area contributed by atoms with Gasteiger partial charge in [-0.15, -0.1) is 0 Å². The molecule has 0 aliphatic heterocycles. The molecule has 1 heterocycles. The second-order valence-electron chi connectivity index (χ2n) is 6.17. The van der Waals surface area contributed by atoms with Crippen LogP contribution < -0.4 is 5.32 Å². The molecule has 0 aromatic carbocycles. The molecule has 1 fully saturated rings. The van der Waals surface area contributed by atoms with E-state index in [9.17, 15) is 0 Å². The Kier molecular flexibility index (Phi) is 6.51. The number of hydrogen-bond acceptors (Lipinski definition) is 4. The summed E-state index contributed by atoms with van der Waals surface area (Å²) in [6, 6.07) is 0.602. The van der Waals surface area contributed by atoms with E-state index < -0.39 is 0 Å². The molecule has 0 spiro atoms. The molecule has 1 aliphatic carbocycles. The summed E-state index contributed by atoms with van der Waals surface area (Å²) in [5.74, 6) is 1.04. The molecule has 0 saturated heterocycles. The molecule has 0 radical (unpaired) electrons. The zero-order valence-corrected chi connectivity index (χ0v) is 13.8. The Bertz CT molecular complexity index is 412. The fraction of sp³-hybridized carbons (Fsp3) is 0.812. The number of likely N-dealkylation sites (N-methyl/N-ethyl adjacent to an activating group) is 1. The van der Waals surface area contributed by atoms with Gasteiger partial charge in [0.05, 0.1) is 12.3 Å². The largest absolute Gasteiger partial charge is 0.383 e. The van der Waals surface area contributed by atoms with Crippen LogP contribution in [0.5, 0.6) is 0 Å². The number of hydrogen-bond donors (Lipinski definition) is 1. The van der Waals surface area contributed by atoms with Gasteiger partial charge in [-0.05, 0) is 26.8 Å². The van der Waals surface area contributed by atoms with E-state index in [0.29, 0.717) is 6.04 Å². The van der Waals surface area contributed by atoms with Crippen LogP contribution in [0.2, 0.25) is 0 Å². The molecule has 5 heteroatoms. The predicted molar refractivity (Wildman–Crippen MR) is 86.8 cm³/mol. The number of aromatic nitrogens is 2. The molecule has 1 saturated carbocycles. The first-order chi connectivity index (χ1) is 10.2. The van der Waals surface area contributed by atoms with Crippen LogP contribution in [0.4, 0.5) is 5.95 Å². The van der Waals surface area contributed by atoms with Crippen molar-refractivity contribution < 1.29 is 4.74 Å². The van der Waals surface area contributed by atoms with Gasteiger partial charge in [0.15, 0.2) is 0 Å². The molecule has 0 atom stereocenters. The van der Waals surface area contributed by atoms with E-state index in [-0.39, 0.29) is 0 Å². The second kappa shape index (κ2) is 8.39. The van der Waals surface area contributed by atoms with Crippen molar-refractivity contribution in [3.8, 4) is 0 Å². The Morgan fingerprint density at radius 2 is 2.10 bits per heavy atom. The maximum atomic E-state index is 5.12. The van der Waals surface area contributed by atoms with Crippen LogP contribution >= 0.6 is 0 Å². The van der Waals surface area contributed by atoms with Gasteiger partial charge < -0.3 is 19.5 Å². The Labute approximate surface area is 128 Å². The summed E-state index contributed by atoms with van der Waals surface area (Å²) in [5.41, 5.74) is 1.09. The molecule has 21 heavy (non-hydrogen) atoms. The van der Waals surface area contributed by atoms with E-state index >= 15 is 0 Å². The van der Waals surface area contributed by atoms with E-state index in [1.54, 1.807) is 7.11 Å². The molecule has 2 rings (SSSR count). The molecule has 1 aliphatic rings. The lowest BCUT2D eigenvalue weighted by Gasteiger charge is -2.24. The Morgan fingerprint density at radius 1 is 1.33 bits per heavy atom. The molecule has 1 aromatic heterocycles. The number of rotatable bonds is 8. The normalized spacial score (nSPS) is 16.6. The van der Waals surface area contributed by atoms with Gasteiger partial charge in [-0.2, -0.15) is 0 Å². The van der Waals surface area contributed by atoms with Crippen molar-refractivity contribution >= 4 is 5.95 Å². The van der Waals surface area contributed by atoms with Gasteiger partial charge >= 0.3 is 0 Å². The van der Waals surface area contributed by atoms with Crippen LogP contribution in [-0.4, -0.2) is 54.3 Å². The first-order valence-corrected chi connectivity index (χ1v) is 8.17. The predicted octanol–water partition coefficient (Wildman–Crippen LogP) is 2.51. The van der Waals surface area contributed by atoms with Crippen molar-refractivity contribution in [1.82, 2.24) is 14.5 Å². The number of aryl methyl sites for hydroxylation is 1. The van der Waals surface area contributed by atoms with Crippen molar-refractivity contribution in [1.29, 1.82) is 0 Å². The third kappa shape index (κ3) is 5.32. The molecule has 1 N–H and O–H groups in total. The van der Waals surface area contributed by atoms with Crippen LogP contribution in [0, 0.1) is 6.92 Å². The number of nitrogens with one attached hydrogen (secondary N) is 1. The highest BCUT2D eigenvalue weighted by atomic mass is 16.5. The standard InChI is InChI=1S/C16H30N4O/c1-14-13-20(10-9-19(2)11-12-21-3)16(17-14)18-15-7-5-4-6-8-15/h13,15H,4-12H2,1-3H3,(H,17,18). The molecule has 0 unspecified atom stereocenters. The highest BCUT2D eigenvalue weighted by molar-refractivity contribution is 5.30. The van der Waals surface area contributed by atoms with Crippen molar-refractivity contribution in [3.05, 3.63) is 11.9 Å². The summed E-state index contributed by atoms with van der Waals surface area (Å²) in [6.45, 7) is 5.80. The van der Waals surface area contributed by atoms with Gasteiger partial charge in [0.1, 0.15) is 0 Å². The molecular weight excluding hydrogens is 264 g/mol. The minimum absolute atomic E-state index is 0.602. The van der Waals surface area contributed by atoms with E-state index in [4.69, 9.17) is 4.74 Å². The SMILES string of the molecule is COCCN(C)CCn1cc(C)nc1NC1CCCCC1. The lowest BCUT2D eigenvalue weighted by molar-refractivity contribution is 0.159. The molecular formula is C16H30N4O. The minimum Gasteiger partial charge on any atom is -0.383 e. The van der Waals surface area contributed by atoms with Crippen molar-refractivity contribution in [2.24, 2.45) is 0 Å². The highest BCUT2D eigenvalue weighted by Crippen LogP contribution is 2.21. The van der Waals surface area contributed by atoms with Crippen LogP contribution in [0.25, 0.3) is 0 Å². The van der Waals surface area contributed by atoms with Gasteiger partial charge in [-0.1, -0.05) is 19.3 Å². The Balaban J connectivity index is 1.86. The quantitative estimate of drug-likeness (QED) is 0.800. The van der Waals surface area contributed by atoms with Crippen molar-refractivity contribution in [2.75, 3.05) is 39.2 Å². The maximum Gasteiger partial charge on any atom is 0.203 e. The molecule has 0 bridgehead atoms. The fourth-order valence-corrected chi connectivity index (χ4v) is 2.90. The number of anilines is 1. The summed E-state index contributed by atoms with van der Waals surface area (Å²) in [4.78, 5) is 6.95. The lowest BCUT2D eigenvalue weighted by Crippen LogP contribution is -2.28. The Hall–Kier alpha value is -1.07. The monoisotopic (exact) mass is 294 g/mol. The number of methoxy groups -OCH3 is 1. The Morgan fingerprint density at radius 3 is 2.81 bits per heavy atom. The third-order valence-electron chi connectivity index (χ3n) is 4.24. The number of ether oxygens (including phenoxy) is 1. The number of nitrogens with zero attached hydrogens (tertiary/aromatic N) is 3. The summed E-state index contributed by atoms with van der Waals surface area (Å²) in [6.07, 6.45) is 8.78. The second-order valence-corrected chi connectivity index (χ2v) is 6.17. The average molecular weight is 294 g/mol. The zero-order valence-electron chi connectivity index (χ0n) is 13.8. The van der Waals surface area contributed by atoms with Crippen molar-refractivity contribution in [3.63, 3.8) is 0 Å². The molecule has 5 nitrogen and oxygen atoms in total. The lowest BCUT2D eigenvalue weighted by atomic mass is 9.96. The summed E-state index contributed by atoms with van der Waals surface area (Å²) < 4.78 is 7.38. The van der Waals surface area contributed by atoms with E-state index in [2.05, 4.69) is 39.9 Å². The van der Waals surface area contributed by atoms with Gasteiger partial charge in [0, 0.05) is 39.0 Å². The summed E-state index contributed by atoms with van der Waals surface area (Å²) in [7, 11) is 3.89. The first-order valence-electron chi connectivity index (χ1n) is 8.17. The van der Waals surface area contributed by atoms with Crippen LogP contribution in [0.1, 0.15) is 37.8 Å². The highest BCUT2D eigenvalue weighted by Gasteiger charge is 2.16. The zero-order chi connectivity index (χ0) is 15.1. The van der Waals surface area contributed by atoms with Crippen LogP contribution in [0.3, 0.4) is 0 Å². The topological polar surface area (TPSA) is 42.3 Å². The van der Waals surface area contributed by atoms with E-state index in [1.807, 2.05) is 0 Å². The van der Waals surface area contributed by atoms with Crippen LogP contribution in [-0.2, 0) is 11.3 Å². The van der Waals surface area contributed by atoms with E-state index in [1.165, 1.54) is 32.1 Å². The molecule has 0 amide bonds. The molecule has 1 aromatic rings. The average Bonchev–Trinajstić information content (AvgIpc) is 2.83. The smallest absolute Gasteiger partial charge is 0.203 e. The van der Waals surface area contributed by atoms with Gasteiger partial charge in [0.2, 0.25) is 5.95 Å². The van der Waals surface area contributed by atoms with Gasteiger partial charge in [-0.3, -0.25) is 0 Å². The third-order valence-corrected chi connectivity index (χ3v) is 4.24. The van der Waals surface area contributed by atoms with Gasteiger partial charge in [0.25, 0.3) is 0 Å². The summed E-state index contributed by atoms with van der Waals surface area (Å²) >= 11 is 0. The molecule has 120 valence electrons. The first kappa shape index (κ1) is 16.3. The fourth-order valence-electron chi connectivity index (χ4n) is 2.90. The van der Waals surface area contributed by atoms with Crippen molar-refractivity contribution in [2.45, 2.75) is 51.6 Å². The summed E-state index contributed by atoms with van der Waals surface area (Å²) in [5, 5.41) is 3.65. The van der Waals surface area contributed by atoms with Crippen LogP contribution in [0.15, 0.2) is 6.20 Å². The maximum absolute atomic E-state index is 5.12. The number of imidazole rings is 1. The van der Waals surface area contributed by atoms with Gasteiger partial charge in [-0.25, -0.2) is 4.98 Å². The van der Waals surface area contributed by atoms with E-state index in [0.717, 1.165) is 37.9 Å². The minimum atomic E-state index is 0.602.